The van der Waals surface area contributed by atoms with Crippen molar-refractivity contribution in [1.82, 2.24) is 15.1 Å². The molecule has 1 aromatic heterocycles. The van der Waals surface area contributed by atoms with Gasteiger partial charge in [-0.05, 0) is 24.5 Å². The van der Waals surface area contributed by atoms with E-state index in [4.69, 9.17) is 5.84 Å². The highest BCUT2D eigenvalue weighted by Gasteiger charge is 2.16. The molecule has 0 aromatic carbocycles. The first-order valence-electron chi connectivity index (χ1n) is 3.06. The maximum absolute atomic E-state index is 5.43. The quantitative estimate of drug-likeness (QED) is 0.473. The van der Waals surface area contributed by atoms with Gasteiger partial charge >= 0.3 is 0 Å². The highest BCUT2D eigenvalue weighted by molar-refractivity contribution is 5.15. The van der Waals surface area contributed by atoms with Crippen LogP contribution in [0.1, 0.15) is 17.8 Å². The van der Waals surface area contributed by atoms with Crippen LogP contribution in [0.4, 0.5) is 0 Å². The standard InChI is InChI=1S/C5H8N4/c6-9-5-3-1-2-4(5)7-8-9/h1-3,6H2. The van der Waals surface area contributed by atoms with Gasteiger partial charge in [0, 0.05) is 0 Å². The van der Waals surface area contributed by atoms with Crippen LogP contribution >= 0.6 is 0 Å². The molecule has 1 aliphatic rings. The van der Waals surface area contributed by atoms with Crippen LogP contribution in [0, 0.1) is 0 Å². The second-order valence-corrected chi connectivity index (χ2v) is 2.28. The van der Waals surface area contributed by atoms with Gasteiger partial charge in [-0.25, -0.2) is 0 Å². The summed E-state index contributed by atoms with van der Waals surface area (Å²) in [6.45, 7) is 0. The van der Waals surface area contributed by atoms with Crippen molar-refractivity contribution in [2.75, 3.05) is 5.84 Å². The van der Waals surface area contributed by atoms with Crippen molar-refractivity contribution in [1.29, 1.82) is 0 Å². The first-order chi connectivity index (χ1) is 4.38. The summed E-state index contributed by atoms with van der Waals surface area (Å²) in [5, 5.41) is 7.57. The second-order valence-electron chi connectivity index (χ2n) is 2.28. The number of nitrogens with zero attached hydrogens (tertiary/aromatic N) is 3. The summed E-state index contributed by atoms with van der Waals surface area (Å²) >= 11 is 0. The lowest BCUT2D eigenvalue weighted by atomic mass is 10.4. The normalized spacial score (nSPS) is 16.0. The summed E-state index contributed by atoms with van der Waals surface area (Å²) in [7, 11) is 0. The van der Waals surface area contributed by atoms with Gasteiger partial charge in [0.1, 0.15) is 0 Å². The molecule has 0 fully saturated rings. The summed E-state index contributed by atoms with van der Waals surface area (Å²) in [6, 6.07) is 0. The summed E-state index contributed by atoms with van der Waals surface area (Å²) in [5.41, 5.74) is 2.19. The maximum Gasteiger partial charge on any atom is 0.0881 e. The first-order valence-corrected chi connectivity index (χ1v) is 3.06. The molecule has 2 rings (SSSR count). The lowest BCUT2D eigenvalue weighted by molar-refractivity contribution is 0.701. The van der Waals surface area contributed by atoms with Crippen molar-refractivity contribution in [3.63, 3.8) is 0 Å². The number of rotatable bonds is 0. The molecule has 0 amide bonds. The lowest BCUT2D eigenvalue weighted by Gasteiger charge is -1.90. The van der Waals surface area contributed by atoms with Gasteiger partial charge in [0.25, 0.3) is 0 Å². The van der Waals surface area contributed by atoms with Crippen LogP contribution in [0.3, 0.4) is 0 Å². The Morgan fingerprint density at radius 2 is 2.33 bits per heavy atom. The van der Waals surface area contributed by atoms with Crippen LogP contribution in [0.25, 0.3) is 0 Å². The molecule has 0 radical (unpaired) electrons. The average molecular weight is 124 g/mol. The number of hydrogen-bond acceptors (Lipinski definition) is 3. The number of nitrogens with two attached hydrogens (primary N) is 1. The number of fused-ring (bicyclic) bond motifs is 1. The maximum atomic E-state index is 5.43. The highest BCUT2D eigenvalue weighted by Crippen LogP contribution is 2.16. The first kappa shape index (κ1) is 4.78. The topological polar surface area (TPSA) is 56.7 Å². The minimum atomic E-state index is 1.04. The smallest absolute Gasteiger partial charge is 0.0881 e. The minimum absolute atomic E-state index is 1.04. The summed E-state index contributed by atoms with van der Waals surface area (Å²) in [5.74, 6) is 5.43. The van der Waals surface area contributed by atoms with Crippen LogP contribution in [-0.2, 0) is 12.8 Å². The zero-order valence-corrected chi connectivity index (χ0v) is 5.04. The van der Waals surface area contributed by atoms with Gasteiger partial charge in [0.05, 0.1) is 11.4 Å². The van der Waals surface area contributed by atoms with Crippen LogP contribution < -0.4 is 5.84 Å². The van der Waals surface area contributed by atoms with E-state index in [-0.39, 0.29) is 0 Å². The Kier molecular flexibility index (Phi) is 0.777. The molecule has 1 aromatic rings. The summed E-state index contributed by atoms with van der Waals surface area (Å²) < 4.78 is 0. The minimum Gasteiger partial charge on any atom is -0.322 e. The SMILES string of the molecule is Nn1nnc2c1CCC2. The third kappa shape index (κ3) is 0.526. The molecular formula is C5H8N4. The van der Waals surface area contributed by atoms with Gasteiger partial charge in [-0.15, -0.1) is 5.10 Å². The number of aromatic nitrogens is 3. The van der Waals surface area contributed by atoms with E-state index in [1.807, 2.05) is 0 Å². The van der Waals surface area contributed by atoms with Crippen LogP contribution in [0.15, 0.2) is 0 Å². The Morgan fingerprint density at radius 3 is 3.11 bits per heavy atom. The van der Waals surface area contributed by atoms with Crippen molar-refractivity contribution >= 4 is 0 Å². The largest absolute Gasteiger partial charge is 0.322 e. The Bertz CT molecular complexity index is 227. The Labute approximate surface area is 52.6 Å². The van der Waals surface area contributed by atoms with Gasteiger partial charge in [0.2, 0.25) is 0 Å². The molecule has 0 saturated carbocycles. The Balaban J connectivity index is 2.56. The van der Waals surface area contributed by atoms with Gasteiger partial charge < -0.3 is 5.84 Å². The molecule has 2 N–H and O–H groups in total. The fourth-order valence-corrected chi connectivity index (χ4v) is 1.22. The number of nitrogen functional groups attached to an aromatic ring is 1. The average Bonchev–Trinajstić information content (AvgIpc) is 2.35. The van der Waals surface area contributed by atoms with Crippen molar-refractivity contribution in [2.24, 2.45) is 0 Å². The molecule has 0 saturated heterocycles. The molecule has 0 unspecified atom stereocenters. The van der Waals surface area contributed by atoms with Gasteiger partial charge in [-0.2, -0.15) is 4.79 Å². The number of hydrogen-bond donors (Lipinski definition) is 1. The zero-order valence-electron chi connectivity index (χ0n) is 5.04. The van der Waals surface area contributed by atoms with Crippen molar-refractivity contribution in [2.45, 2.75) is 19.3 Å². The Morgan fingerprint density at radius 1 is 1.44 bits per heavy atom. The third-order valence-corrected chi connectivity index (χ3v) is 1.70. The molecule has 0 spiro atoms. The van der Waals surface area contributed by atoms with E-state index < -0.39 is 0 Å². The van der Waals surface area contributed by atoms with Crippen molar-refractivity contribution in [3.8, 4) is 0 Å². The summed E-state index contributed by atoms with van der Waals surface area (Å²) in [4.78, 5) is 1.38. The van der Waals surface area contributed by atoms with Crippen LogP contribution in [0.5, 0.6) is 0 Å². The Hall–Kier alpha value is -1.06. The van der Waals surface area contributed by atoms with Gasteiger partial charge in [-0.3, -0.25) is 0 Å². The molecule has 9 heavy (non-hydrogen) atoms. The molecule has 1 heterocycles. The van der Waals surface area contributed by atoms with Crippen LogP contribution in [-0.4, -0.2) is 15.1 Å². The van der Waals surface area contributed by atoms with E-state index in [1.54, 1.807) is 0 Å². The molecule has 0 bridgehead atoms. The fourth-order valence-electron chi connectivity index (χ4n) is 1.22. The molecule has 0 atom stereocenters. The van der Waals surface area contributed by atoms with Crippen molar-refractivity contribution < 1.29 is 0 Å². The molecule has 4 nitrogen and oxygen atoms in total. The summed E-state index contributed by atoms with van der Waals surface area (Å²) in [6.07, 6.45) is 3.27. The zero-order chi connectivity index (χ0) is 6.27. The van der Waals surface area contributed by atoms with Crippen molar-refractivity contribution in [3.05, 3.63) is 11.4 Å². The van der Waals surface area contributed by atoms with E-state index in [1.165, 1.54) is 11.2 Å². The molecule has 1 aliphatic carbocycles. The van der Waals surface area contributed by atoms with E-state index in [9.17, 15) is 0 Å². The predicted molar refractivity (Wildman–Crippen MR) is 32.2 cm³/mol. The van der Waals surface area contributed by atoms with E-state index in [0.29, 0.717) is 0 Å². The second kappa shape index (κ2) is 1.46. The van der Waals surface area contributed by atoms with Gasteiger partial charge in [-0.1, -0.05) is 0 Å². The molecule has 0 aliphatic heterocycles. The highest BCUT2D eigenvalue weighted by atomic mass is 15.6. The third-order valence-electron chi connectivity index (χ3n) is 1.70. The number of aryl methyl sites for hydroxylation is 1. The van der Waals surface area contributed by atoms with Crippen LogP contribution in [0.2, 0.25) is 0 Å². The van der Waals surface area contributed by atoms with Gasteiger partial charge in [0.15, 0.2) is 0 Å². The predicted octanol–water partition coefficient (Wildman–Crippen LogP) is -0.519. The molecular weight excluding hydrogens is 116 g/mol. The lowest BCUT2D eigenvalue weighted by Crippen LogP contribution is -2.13. The molecule has 48 valence electrons. The van der Waals surface area contributed by atoms with E-state index in [2.05, 4.69) is 10.3 Å². The van der Waals surface area contributed by atoms with E-state index in [0.717, 1.165) is 24.2 Å². The van der Waals surface area contributed by atoms with E-state index >= 15 is 0 Å². The monoisotopic (exact) mass is 124 g/mol. The fraction of sp³-hybridized carbons (Fsp3) is 0.600. The molecule has 4 heteroatoms.